The first-order valence-electron chi connectivity index (χ1n) is 26.8. The zero-order valence-electron chi connectivity index (χ0n) is 41.7. The lowest BCUT2D eigenvalue weighted by molar-refractivity contribution is -0.332. The number of hydrogen-bond acceptors (Lipinski definition) is 15. The SMILES string of the molecule is CCCCCCCCCC/C=C/CCCCCC(=O)OC[C@H](CO[C@@H]1O[C@H](CO[C@@H]2O[C@H](CO)[C@H](O)C(O)C2O)[C@H](O)C(O)C1O)OC(=O)CCCCCCCCCCCCCCCCCC. The van der Waals surface area contributed by atoms with Crippen molar-refractivity contribution in [3.63, 3.8) is 0 Å². The quantitative estimate of drug-likeness (QED) is 0.0176. The number of hydrogen-bond donors (Lipinski definition) is 7. The summed E-state index contributed by atoms with van der Waals surface area (Å²) < 4.78 is 33.6. The van der Waals surface area contributed by atoms with Gasteiger partial charge in [-0.2, -0.15) is 0 Å². The molecule has 0 radical (unpaired) electrons. The monoisotopic (exact) mass is 961 g/mol. The summed E-state index contributed by atoms with van der Waals surface area (Å²) in [7, 11) is 0. The van der Waals surface area contributed by atoms with Gasteiger partial charge in [0.25, 0.3) is 0 Å². The molecule has 11 atom stereocenters. The summed E-state index contributed by atoms with van der Waals surface area (Å²) in [6.07, 6.45) is 22.4. The normalized spacial score (nSPS) is 26.0. The highest BCUT2D eigenvalue weighted by molar-refractivity contribution is 5.70. The Hall–Kier alpha value is -1.76. The maximum atomic E-state index is 13.0. The van der Waals surface area contributed by atoms with Crippen LogP contribution < -0.4 is 0 Å². The van der Waals surface area contributed by atoms with Gasteiger partial charge in [0, 0.05) is 12.8 Å². The van der Waals surface area contributed by atoms with Crippen LogP contribution >= 0.6 is 0 Å². The summed E-state index contributed by atoms with van der Waals surface area (Å²) in [4.78, 5) is 25.8. The minimum atomic E-state index is -1.76. The summed E-state index contributed by atoms with van der Waals surface area (Å²) in [5, 5.41) is 72.1. The van der Waals surface area contributed by atoms with E-state index in [4.69, 9.17) is 28.4 Å². The van der Waals surface area contributed by atoms with Gasteiger partial charge in [0.05, 0.1) is 19.8 Å². The highest BCUT2D eigenvalue weighted by Crippen LogP contribution is 2.27. The van der Waals surface area contributed by atoms with Gasteiger partial charge in [-0.1, -0.05) is 174 Å². The molecule has 0 spiro atoms. The lowest BCUT2D eigenvalue weighted by Crippen LogP contribution is -2.61. The summed E-state index contributed by atoms with van der Waals surface area (Å²) in [5.41, 5.74) is 0. The van der Waals surface area contributed by atoms with E-state index >= 15 is 0 Å². The molecule has 2 heterocycles. The van der Waals surface area contributed by atoms with Crippen molar-refractivity contribution in [2.45, 2.75) is 280 Å². The smallest absolute Gasteiger partial charge is 0.306 e. The zero-order chi connectivity index (χ0) is 48.9. The first-order chi connectivity index (χ1) is 32.5. The third-order valence-electron chi connectivity index (χ3n) is 13.0. The van der Waals surface area contributed by atoms with Crippen LogP contribution in [-0.2, 0) is 38.0 Å². The van der Waals surface area contributed by atoms with Crippen LogP contribution in [0.4, 0.5) is 0 Å². The van der Waals surface area contributed by atoms with Crippen LogP contribution in [0, 0.1) is 0 Å². The summed E-state index contributed by atoms with van der Waals surface area (Å²) in [6, 6.07) is 0. The molecule has 7 N–H and O–H groups in total. The van der Waals surface area contributed by atoms with E-state index in [-0.39, 0.29) is 26.1 Å². The van der Waals surface area contributed by atoms with Crippen LogP contribution in [0.25, 0.3) is 0 Å². The van der Waals surface area contributed by atoms with Crippen LogP contribution in [0.1, 0.15) is 213 Å². The van der Waals surface area contributed by atoms with Crippen molar-refractivity contribution in [1.29, 1.82) is 0 Å². The van der Waals surface area contributed by atoms with E-state index in [2.05, 4.69) is 26.0 Å². The zero-order valence-corrected chi connectivity index (χ0v) is 41.7. The molecule has 2 aliphatic rings. The Bertz CT molecular complexity index is 1220. The van der Waals surface area contributed by atoms with Crippen LogP contribution in [0.5, 0.6) is 0 Å². The van der Waals surface area contributed by atoms with Crippen molar-refractivity contribution in [3.8, 4) is 0 Å². The number of carbonyl (C=O) groups is 2. The van der Waals surface area contributed by atoms with Gasteiger partial charge in [-0.25, -0.2) is 0 Å². The van der Waals surface area contributed by atoms with Crippen molar-refractivity contribution in [1.82, 2.24) is 0 Å². The maximum Gasteiger partial charge on any atom is 0.306 e. The third kappa shape index (κ3) is 28.0. The molecule has 67 heavy (non-hydrogen) atoms. The Balaban J connectivity index is 1.80. The van der Waals surface area contributed by atoms with Gasteiger partial charge in [0.2, 0.25) is 0 Å². The van der Waals surface area contributed by atoms with E-state index < -0.39 is 92.7 Å². The fourth-order valence-corrected chi connectivity index (χ4v) is 8.57. The topological polar surface area (TPSA) is 231 Å². The van der Waals surface area contributed by atoms with Crippen LogP contribution in [0.3, 0.4) is 0 Å². The molecule has 15 heteroatoms. The second-order valence-corrected chi connectivity index (χ2v) is 19.1. The second kappa shape index (κ2) is 39.9. The van der Waals surface area contributed by atoms with E-state index in [1.807, 2.05) is 0 Å². The van der Waals surface area contributed by atoms with E-state index in [1.54, 1.807) is 0 Å². The molecular weight excluding hydrogens is 865 g/mol. The average Bonchev–Trinajstić information content (AvgIpc) is 3.32. The van der Waals surface area contributed by atoms with E-state index in [9.17, 15) is 45.3 Å². The molecule has 2 rings (SSSR count). The molecule has 0 aliphatic carbocycles. The number of esters is 2. The molecule has 15 nitrogen and oxygen atoms in total. The van der Waals surface area contributed by atoms with Gasteiger partial charge in [-0.15, -0.1) is 0 Å². The molecule has 394 valence electrons. The first kappa shape index (κ1) is 61.4. The van der Waals surface area contributed by atoms with Crippen molar-refractivity contribution in [3.05, 3.63) is 12.2 Å². The number of aliphatic hydroxyl groups excluding tert-OH is 7. The van der Waals surface area contributed by atoms with Crippen LogP contribution in [0.15, 0.2) is 12.2 Å². The Morgan fingerprint density at radius 2 is 0.851 bits per heavy atom. The number of carbonyl (C=O) groups excluding carboxylic acids is 2. The number of ether oxygens (including phenoxy) is 6. The number of unbranched alkanes of at least 4 members (excludes halogenated alkanes) is 26. The molecule has 2 fully saturated rings. The predicted octanol–water partition coefficient (Wildman–Crippen LogP) is 7.77. The molecule has 0 aromatic heterocycles. The Labute approximate surface area is 403 Å². The second-order valence-electron chi connectivity index (χ2n) is 19.1. The summed E-state index contributed by atoms with van der Waals surface area (Å²) in [5.74, 6) is -0.932. The highest BCUT2D eigenvalue weighted by atomic mass is 16.7. The van der Waals surface area contributed by atoms with Crippen LogP contribution in [0.2, 0.25) is 0 Å². The molecule has 2 saturated heterocycles. The van der Waals surface area contributed by atoms with Crippen molar-refractivity contribution < 1.29 is 73.8 Å². The lowest BCUT2D eigenvalue weighted by atomic mass is 9.98. The van der Waals surface area contributed by atoms with Gasteiger partial charge in [0.1, 0.15) is 55.4 Å². The molecule has 0 aromatic carbocycles. The number of aliphatic hydroxyl groups is 7. The van der Waals surface area contributed by atoms with Crippen molar-refractivity contribution >= 4 is 11.9 Å². The average molecular weight is 961 g/mol. The maximum absolute atomic E-state index is 13.0. The Kier molecular flexibility index (Phi) is 36.5. The molecule has 0 amide bonds. The van der Waals surface area contributed by atoms with Crippen LogP contribution in [-0.4, -0.2) is 142 Å². The molecular formula is C52H96O15. The van der Waals surface area contributed by atoms with Crippen molar-refractivity contribution in [2.24, 2.45) is 0 Å². The van der Waals surface area contributed by atoms with E-state index in [0.717, 1.165) is 44.9 Å². The third-order valence-corrected chi connectivity index (χ3v) is 13.0. The minimum Gasteiger partial charge on any atom is -0.462 e. The fourth-order valence-electron chi connectivity index (χ4n) is 8.57. The van der Waals surface area contributed by atoms with Gasteiger partial charge in [-0.3, -0.25) is 9.59 Å². The van der Waals surface area contributed by atoms with Crippen molar-refractivity contribution in [2.75, 3.05) is 26.4 Å². The summed E-state index contributed by atoms with van der Waals surface area (Å²) >= 11 is 0. The van der Waals surface area contributed by atoms with Gasteiger partial charge < -0.3 is 64.2 Å². The molecule has 4 unspecified atom stereocenters. The van der Waals surface area contributed by atoms with Gasteiger partial charge in [0.15, 0.2) is 18.7 Å². The number of rotatable bonds is 42. The number of allylic oxidation sites excluding steroid dienone is 2. The minimum absolute atomic E-state index is 0.168. The summed E-state index contributed by atoms with van der Waals surface area (Å²) in [6.45, 7) is 2.60. The molecule has 2 aliphatic heterocycles. The molecule has 0 bridgehead atoms. The van der Waals surface area contributed by atoms with E-state index in [1.165, 1.54) is 128 Å². The van der Waals surface area contributed by atoms with Gasteiger partial charge >= 0.3 is 11.9 Å². The Morgan fingerprint density at radius 3 is 1.33 bits per heavy atom. The fraction of sp³-hybridized carbons (Fsp3) is 0.923. The highest BCUT2D eigenvalue weighted by Gasteiger charge is 2.47. The van der Waals surface area contributed by atoms with E-state index in [0.29, 0.717) is 12.8 Å². The molecule has 0 aromatic rings. The predicted molar refractivity (Wildman–Crippen MR) is 257 cm³/mol. The standard InChI is InChI=1S/C52H96O15/c1-3-5-7-9-11-13-15-17-19-21-23-25-27-29-31-33-35-44(55)65-40(37-62-43(54)34-32-30-28-26-24-22-20-18-16-14-12-10-8-6-4-2)38-63-51-50(61)48(59)46(57)42(67-51)39-64-52-49(60)47(58)45(56)41(36-53)66-52/h22,24,40-42,45-53,56-61H,3-21,23,25-39H2,1-2H3/b24-22+/t40-,41-,42-,45+,46+,47?,48?,49?,50?,51-,52-/m1/s1. The Morgan fingerprint density at radius 1 is 0.463 bits per heavy atom. The lowest BCUT2D eigenvalue weighted by Gasteiger charge is -2.42. The van der Waals surface area contributed by atoms with Gasteiger partial charge in [-0.05, 0) is 38.5 Å². The largest absolute Gasteiger partial charge is 0.462 e. The first-order valence-corrected chi connectivity index (χ1v) is 26.8. The molecule has 0 saturated carbocycles.